The van der Waals surface area contributed by atoms with Crippen LogP contribution in [-0.4, -0.2) is 54.3 Å². The summed E-state index contributed by atoms with van der Waals surface area (Å²) in [6, 6.07) is 12.2. The van der Waals surface area contributed by atoms with Crippen molar-refractivity contribution < 1.29 is 13.9 Å². The van der Waals surface area contributed by atoms with E-state index in [1.165, 1.54) is 23.5 Å². The van der Waals surface area contributed by atoms with Gasteiger partial charge >= 0.3 is 0 Å². The van der Waals surface area contributed by atoms with Crippen LogP contribution in [0.2, 0.25) is 0 Å². The van der Waals surface area contributed by atoms with Crippen molar-refractivity contribution in [1.29, 1.82) is 0 Å². The summed E-state index contributed by atoms with van der Waals surface area (Å²) in [7, 11) is 0. The zero-order chi connectivity index (χ0) is 22.9. The van der Waals surface area contributed by atoms with Crippen LogP contribution in [0, 0.1) is 5.82 Å². The van der Waals surface area contributed by atoms with Crippen LogP contribution in [-0.2, 0) is 4.79 Å². The molecule has 1 heterocycles. The first-order chi connectivity index (χ1) is 15.5. The first-order valence-electron chi connectivity index (χ1n) is 11.0. The first kappa shape index (κ1) is 24.5. The van der Waals surface area contributed by atoms with Gasteiger partial charge in [0.15, 0.2) is 5.13 Å². The molecule has 3 aromatic rings. The predicted molar refractivity (Wildman–Crippen MR) is 133 cm³/mol. The van der Waals surface area contributed by atoms with Gasteiger partial charge in [-0.25, -0.2) is 9.37 Å². The molecule has 0 aliphatic rings. The number of nitrogens with zero attached hydrogens (tertiary/aromatic N) is 3. The molecule has 0 saturated heterocycles. The Kier molecular flexibility index (Phi) is 9.32. The lowest BCUT2D eigenvalue weighted by molar-refractivity contribution is -0.118. The third-order valence-corrected chi connectivity index (χ3v) is 7.19. The van der Waals surface area contributed by atoms with Crippen molar-refractivity contribution in [3.63, 3.8) is 0 Å². The Labute approximate surface area is 197 Å². The summed E-state index contributed by atoms with van der Waals surface area (Å²) in [5.74, 6) is 1.16. The maximum Gasteiger partial charge on any atom is 0.229 e. The van der Waals surface area contributed by atoms with Gasteiger partial charge in [0, 0.05) is 30.2 Å². The molecule has 5 nitrogen and oxygen atoms in total. The number of hydrogen-bond acceptors (Lipinski definition) is 6. The highest BCUT2D eigenvalue weighted by atomic mass is 32.2. The van der Waals surface area contributed by atoms with Crippen molar-refractivity contribution >= 4 is 44.4 Å². The molecular weight excluding hydrogens is 445 g/mol. The van der Waals surface area contributed by atoms with Crippen molar-refractivity contribution in [3.8, 4) is 5.75 Å². The predicted octanol–water partition coefficient (Wildman–Crippen LogP) is 5.69. The average molecular weight is 476 g/mol. The minimum atomic E-state index is -0.254. The zero-order valence-electron chi connectivity index (χ0n) is 18.8. The molecule has 0 aliphatic carbocycles. The number of benzene rings is 2. The second-order valence-electron chi connectivity index (χ2n) is 7.16. The molecule has 0 bridgehead atoms. The third-order valence-electron chi connectivity index (χ3n) is 5.14. The van der Waals surface area contributed by atoms with E-state index in [2.05, 4.69) is 18.7 Å². The van der Waals surface area contributed by atoms with Crippen LogP contribution in [0.5, 0.6) is 5.75 Å². The number of fused-ring (bicyclic) bond motifs is 1. The highest BCUT2D eigenvalue weighted by Crippen LogP contribution is 2.34. The number of carbonyl (C=O) groups excluding carboxylic acids is 1. The summed E-state index contributed by atoms with van der Waals surface area (Å²) < 4.78 is 19.9. The molecule has 172 valence electrons. The maximum absolute atomic E-state index is 13.2. The molecule has 2 aromatic carbocycles. The van der Waals surface area contributed by atoms with E-state index in [9.17, 15) is 9.18 Å². The molecule has 0 fully saturated rings. The van der Waals surface area contributed by atoms with E-state index >= 15 is 0 Å². The van der Waals surface area contributed by atoms with E-state index in [1.54, 1.807) is 23.9 Å². The number of ether oxygens (including phenoxy) is 1. The molecule has 0 aliphatic heterocycles. The van der Waals surface area contributed by atoms with E-state index < -0.39 is 0 Å². The van der Waals surface area contributed by atoms with Gasteiger partial charge < -0.3 is 9.64 Å². The van der Waals surface area contributed by atoms with Gasteiger partial charge in [-0.1, -0.05) is 31.3 Å². The fourth-order valence-electron chi connectivity index (χ4n) is 3.33. The number of rotatable bonds is 12. The minimum absolute atomic E-state index is 0.0452. The summed E-state index contributed by atoms with van der Waals surface area (Å²) in [6.07, 6.45) is 0.383. The lowest BCUT2D eigenvalue weighted by atomic mass is 10.3. The van der Waals surface area contributed by atoms with Crippen LogP contribution in [0.25, 0.3) is 10.2 Å². The fourth-order valence-corrected chi connectivity index (χ4v) is 5.20. The number of thioether (sulfide) groups is 1. The molecule has 0 N–H and O–H groups in total. The maximum atomic E-state index is 13.2. The Balaban J connectivity index is 1.76. The van der Waals surface area contributed by atoms with E-state index in [0.29, 0.717) is 30.5 Å². The van der Waals surface area contributed by atoms with Gasteiger partial charge in [-0.05, 0) is 56.4 Å². The highest BCUT2D eigenvalue weighted by molar-refractivity contribution is 7.99. The largest absolute Gasteiger partial charge is 0.492 e. The van der Waals surface area contributed by atoms with Gasteiger partial charge in [-0.3, -0.25) is 9.69 Å². The van der Waals surface area contributed by atoms with Gasteiger partial charge in [0.25, 0.3) is 0 Å². The standard InChI is InChI=1S/C24H30FN3O2S2/c1-4-27(5-2)15-16-28(22(29)14-17-31-19-12-10-18(25)11-13-19)24-26-23-20(30-6-3)8-7-9-21(23)32-24/h7-13H,4-6,14-17H2,1-3H3. The minimum Gasteiger partial charge on any atom is -0.492 e. The number of anilines is 1. The SMILES string of the molecule is CCOc1cccc2sc(N(CCN(CC)CC)C(=O)CCSc3ccc(F)cc3)nc12. The van der Waals surface area contributed by atoms with E-state index in [4.69, 9.17) is 9.72 Å². The van der Waals surface area contributed by atoms with Gasteiger partial charge in [-0.15, -0.1) is 11.8 Å². The number of carbonyl (C=O) groups is 1. The van der Waals surface area contributed by atoms with Crippen LogP contribution >= 0.6 is 23.1 Å². The number of amides is 1. The number of aromatic nitrogens is 1. The normalized spacial score (nSPS) is 11.3. The molecule has 1 amide bonds. The molecule has 0 saturated carbocycles. The topological polar surface area (TPSA) is 45.7 Å². The van der Waals surface area contributed by atoms with Gasteiger partial charge in [0.1, 0.15) is 17.1 Å². The van der Waals surface area contributed by atoms with Gasteiger partial charge in [-0.2, -0.15) is 0 Å². The second-order valence-corrected chi connectivity index (χ2v) is 9.33. The Morgan fingerprint density at radius 1 is 1.09 bits per heavy atom. The lowest BCUT2D eigenvalue weighted by Crippen LogP contribution is -2.39. The third kappa shape index (κ3) is 6.43. The molecule has 0 atom stereocenters. The summed E-state index contributed by atoms with van der Waals surface area (Å²) in [4.78, 5) is 23.1. The summed E-state index contributed by atoms with van der Waals surface area (Å²) in [5.41, 5.74) is 0.802. The molecular formula is C24H30FN3O2S2. The molecule has 0 unspecified atom stereocenters. The molecule has 8 heteroatoms. The van der Waals surface area contributed by atoms with Crippen LogP contribution in [0.3, 0.4) is 0 Å². The zero-order valence-corrected chi connectivity index (χ0v) is 20.5. The first-order valence-corrected chi connectivity index (χ1v) is 12.8. The Bertz CT molecular complexity index is 1010. The van der Waals surface area contributed by atoms with E-state index in [0.717, 1.165) is 40.5 Å². The Hall–Kier alpha value is -2.16. The smallest absolute Gasteiger partial charge is 0.229 e. The van der Waals surface area contributed by atoms with Gasteiger partial charge in [0.05, 0.1) is 11.3 Å². The van der Waals surface area contributed by atoms with Crippen LogP contribution in [0.1, 0.15) is 27.2 Å². The summed E-state index contributed by atoms with van der Waals surface area (Å²) in [5, 5.41) is 0.705. The molecule has 0 spiro atoms. The Morgan fingerprint density at radius 2 is 1.84 bits per heavy atom. The fraction of sp³-hybridized carbons (Fsp3) is 0.417. The number of thiazole rings is 1. The van der Waals surface area contributed by atoms with Crippen molar-refractivity contribution in [3.05, 3.63) is 48.3 Å². The summed E-state index contributed by atoms with van der Waals surface area (Å²) in [6.45, 7) is 10.0. The van der Waals surface area contributed by atoms with Crippen molar-refractivity contribution in [2.75, 3.05) is 43.4 Å². The van der Waals surface area contributed by atoms with Crippen molar-refractivity contribution in [1.82, 2.24) is 9.88 Å². The average Bonchev–Trinajstić information content (AvgIpc) is 3.23. The van der Waals surface area contributed by atoms with Gasteiger partial charge in [0.2, 0.25) is 5.91 Å². The number of halogens is 1. The Morgan fingerprint density at radius 3 is 2.53 bits per heavy atom. The molecule has 0 radical (unpaired) electrons. The highest BCUT2D eigenvalue weighted by Gasteiger charge is 2.21. The number of para-hydroxylation sites is 1. The monoisotopic (exact) mass is 475 g/mol. The van der Waals surface area contributed by atoms with Crippen LogP contribution in [0.4, 0.5) is 9.52 Å². The van der Waals surface area contributed by atoms with Crippen molar-refractivity contribution in [2.24, 2.45) is 0 Å². The van der Waals surface area contributed by atoms with Crippen LogP contribution < -0.4 is 9.64 Å². The number of likely N-dealkylation sites (N-methyl/N-ethyl adjacent to an activating group) is 1. The lowest BCUT2D eigenvalue weighted by Gasteiger charge is -2.24. The molecule has 3 rings (SSSR count). The van der Waals surface area contributed by atoms with E-state index in [1.807, 2.05) is 30.0 Å². The summed E-state index contributed by atoms with van der Waals surface area (Å²) >= 11 is 3.07. The van der Waals surface area contributed by atoms with Crippen LogP contribution in [0.15, 0.2) is 47.4 Å². The quantitative estimate of drug-likeness (QED) is 0.315. The molecule has 32 heavy (non-hydrogen) atoms. The van der Waals surface area contributed by atoms with Crippen molar-refractivity contribution in [2.45, 2.75) is 32.1 Å². The second kappa shape index (κ2) is 12.2. The number of hydrogen-bond donors (Lipinski definition) is 0. The van der Waals surface area contributed by atoms with E-state index in [-0.39, 0.29) is 11.7 Å². The molecule has 1 aromatic heterocycles.